The molecule has 0 radical (unpaired) electrons. The van der Waals surface area contributed by atoms with Crippen molar-refractivity contribution in [1.29, 1.82) is 0 Å². The number of imidazole rings is 2. The van der Waals surface area contributed by atoms with Gasteiger partial charge in [0.2, 0.25) is 5.95 Å². The van der Waals surface area contributed by atoms with Crippen molar-refractivity contribution in [2.75, 3.05) is 30.1 Å². The Kier molecular flexibility index (Phi) is 15.5. The maximum absolute atomic E-state index is 13.7. The summed E-state index contributed by atoms with van der Waals surface area (Å²) in [7, 11) is -6.00. The average Bonchev–Trinajstić information content (AvgIpc) is 4.09. The molecule has 0 unspecified atom stereocenters. The van der Waals surface area contributed by atoms with Gasteiger partial charge in [-0.15, -0.1) is 0 Å². The summed E-state index contributed by atoms with van der Waals surface area (Å²) in [5, 5.41) is 10.3. The van der Waals surface area contributed by atoms with Gasteiger partial charge >= 0.3 is 0 Å². The molecule has 2 amide bonds. The van der Waals surface area contributed by atoms with Crippen LogP contribution in [0.1, 0.15) is 74.9 Å². The van der Waals surface area contributed by atoms with Crippen molar-refractivity contribution >= 4 is 77.1 Å². The van der Waals surface area contributed by atoms with E-state index in [9.17, 15) is 30.8 Å². The number of anilines is 3. The van der Waals surface area contributed by atoms with Crippen LogP contribution in [0.4, 0.5) is 21.6 Å². The third kappa shape index (κ3) is 11.2. The highest BCUT2D eigenvalue weighted by Crippen LogP contribution is 2.36. The predicted octanol–water partition coefficient (Wildman–Crippen LogP) is 9.80. The van der Waals surface area contributed by atoms with Gasteiger partial charge < -0.3 is 25.8 Å². The van der Waals surface area contributed by atoms with Gasteiger partial charge in [0, 0.05) is 48.0 Å². The Labute approximate surface area is 432 Å². The van der Waals surface area contributed by atoms with E-state index >= 15 is 0 Å². The minimum atomic E-state index is -3.70. The van der Waals surface area contributed by atoms with Gasteiger partial charge in [-0.25, -0.2) is 36.3 Å². The molecular weight excluding hydrogens is 1010 g/mol. The van der Waals surface area contributed by atoms with E-state index in [0.29, 0.717) is 51.1 Å². The second-order valence-corrected chi connectivity index (χ2v) is 24.3. The lowest BCUT2D eigenvalue weighted by molar-refractivity contribution is 0.101. The molecule has 7 aromatic heterocycles. The van der Waals surface area contributed by atoms with Crippen molar-refractivity contribution in [2.45, 2.75) is 74.7 Å². The molecular formula is C52H54ClFN10O8S2. The van der Waals surface area contributed by atoms with Crippen LogP contribution in [0.5, 0.6) is 11.5 Å². The molecule has 0 saturated heterocycles. The summed E-state index contributed by atoms with van der Waals surface area (Å²) in [4.78, 5) is 37.1. The lowest BCUT2D eigenvalue weighted by atomic mass is 10.2. The fraction of sp³-hybridized carbons (Fsp3) is 0.231. The Morgan fingerprint density at radius 2 is 1.32 bits per heavy atom. The maximum Gasteiger partial charge on any atom is 0.274 e. The number of fused-ring (bicyclic) bond motifs is 3. The van der Waals surface area contributed by atoms with Gasteiger partial charge in [-0.3, -0.25) is 18.4 Å². The first-order chi connectivity index (χ1) is 34.9. The predicted molar refractivity (Wildman–Crippen MR) is 283 cm³/mol. The smallest absolute Gasteiger partial charge is 0.274 e. The molecule has 0 aliphatic heterocycles. The number of nitrogen functional groups attached to an aromatic ring is 1. The summed E-state index contributed by atoms with van der Waals surface area (Å²) in [6.07, 6.45) is 9.12. The molecule has 18 nitrogen and oxygen atoms in total. The van der Waals surface area contributed by atoms with Gasteiger partial charge in [-0.05, 0) is 97.4 Å². The van der Waals surface area contributed by atoms with Gasteiger partial charge in [0.25, 0.3) is 11.8 Å². The monoisotopic (exact) mass is 1060 g/mol. The van der Waals surface area contributed by atoms with E-state index in [1.807, 2.05) is 55.5 Å². The number of aryl methyl sites for hydroxylation is 1. The van der Waals surface area contributed by atoms with Crippen molar-refractivity contribution in [2.24, 2.45) is 0 Å². The summed E-state index contributed by atoms with van der Waals surface area (Å²) >= 11 is 6.01. The molecule has 0 fully saturated rings. The summed E-state index contributed by atoms with van der Waals surface area (Å²) < 4.78 is 79.3. The summed E-state index contributed by atoms with van der Waals surface area (Å²) in [6.45, 7) is 13.7. The molecule has 0 spiro atoms. The Morgan fingerprint density at radius 3 is 1.96 bits per heavy atom. The van der Waals surface area contributed by atoms with E-state index < -0.39 is 35.1 Å². The number of methoxy groups -OCH3 is 1. The zero-order chi connectivity index (χ0) is 53.9. The minimum absolute atomic E-state index is 0.0120. The summed E-state index contributed by atoms with van der Waals surface area (Å²) in [5.41, 5.74) is 11.1. The first kappa shape index (κ1) is 53.9. The van der Waals surface area contributed by atoms with Crippen molar-refractivity contribution < 1.29 is 40.3 Å². The molecule has 2 aromatic carbocycles. The lowest BCUT2D eigenvalue weighted by Crippen LogP contribution is -2.28. The highest BCUT2D eigenvalue weighted by atomic mass is 35.5. The van der Waals surface area contributed by atoms with E-state index in [4.69, 9.17) is 26.8 Å². The number of aromatic nitrogens is 7. The quantitative estimate of drug-likeness (QED) is 0.108. The second-order valence-electron chi connectivity index (χ2n) is 18.5. The van der Waals surface area contributed by atoms with Crippen LogP contribution in [0, 0.1) is 12.9 Å². The first-order valence-corrected chi connectivity index (χ1v) is 26.2. The first-order valence-electron chi connectivity index (χ1n) is 22.8. The van der Waals surface area contributed by atoms with Crippen molar-refractivity contribution in [3.63, 3.8) is 0 Å². The number of benzene rings is 2. The lowest BCUT2D eigenvalue weighted by Gasteiger charge is -2.21. The molecule has 386 valence electrons. The molecule has 0 saturated carbocycles. The van der Waals surface area contributed by atoms with Crippen LogP contribution in [-0.4, -0.2) is 85.2 Å². The van der Waals surface area contributed by atoms with Crippen LogP contribution in [0.3, 0.4) is 0 Å². The van der Waals surface area contributed by atoms with Crippen LogP contribution >= 0.6 is 11.6 Å². The van der Waals surface area contributed by atoms with Crippen molar-refractivity contribution in [3.05, 3.63) is 156 Å². The number of hydrogen-bond donors (Lipinski definition) is 3. The van der Waals surface area contributed by atoms with E-state index in [-0.39, 0.29) is 44.6 Å². The second kappa shape index (κ2) is 21.3. The van der Waals surface area contributed by atoms with Crippen LogP contribution in [0.15, 0.2) is 138 Å². The number of rotatable bonds is 10. The number of hydrogen-bond acceptors (Lipinski definition) is 13. The van der Waals surface area contributed by atoms with Gasteiger partial charge in [-0.1, -0.05) is 48.0 Å². The van der Waals surface area contributed by atoms with Gasteiger partial charge in [0.15, 0.2) is 19.7 Å². The van der Waals surface area contributed by atoms with Crippen molar-refractivity contribution in [3.8, 4) is 22.8 Å². The van der Waals surface area contributed by atoms with Crippen molar-refractivity contribution in [1.82, 2.24) is 33.4 Å². The molecule has 0 atom stereocenters. The minimum Gasteiger partial charge on any atom is -0.495 e. The van der Waals surface area contributed by atoms with E-state index in [1.54, 1.807) is 94.0 Å². The third-order valence-corrected chi connectivity index (χ3v) is 16.7. The Morgan fingerprint density at radius 1 is 0.743 bits per heavy atom. The third-order valence-electron chi connectivity index (χ3n) is 11.4. The molecule has 4 N–H and O–H groups in total. The zero-order valence-corrected chi connectivity index (χ0v) is 44.3. The number of nitrogens with two attached hydrogens (primary N) is 1. The number of carbonyl (C=O) groups excluding carboxylic acids is 2. The number of carbonyl (C=O) groups is 2. The highest BCUT2D eigenvalue weighted by Gasteiger charge is 2.36. The fourth-order valence-electron chi connectivity index (χ4n) is 7.27. The number of amides is 2. The number of pyridine rings is 4. The average molecular weight is 1070 g/mol. The molecule has 7 heterocycles. The molecule has 0 bridgehead atoms. The summed E-state index contributed by atoms with van der Waals surface area (Å²) in [6, 6.07) is 25.9. The molecule has 9 aromatic rings. The number of nitrogens with zero attached hydrogens (tertiary/aromatic N) is 7. The van der Waals surface area contributed by atoms with Crippen LogP contribution in [-0.2, 0) is 19.7 Å². The molecule has 74 heavy (non-hydrogen) atoms. The van der Waals surface area contributed by atoms with Crippen LogP contribution < -0.4 is 25.8 Å². The SMILES string of the molecule is CCOc1cc2ncc(-c3cc(N)nc(F)c3)n2cc1S(=O)(=O)C(C)(C)C.COc1cc2ncc(C(=O)Nc3ccccc3C)n2cc1S(=O)(=O)C(C)(C)C.O=C(Nc1ccccc1Cl)c1cnn2ccccc12. The summed E-state index contributed by atoms with van der Waals surface area (Å²) in [5.74, 6) is -0.890. The molecule has 0 aliphatic carbocycles. The Balaban J connectivity index is 0.000000165. The number of halogens is 2. The normalized spacial score (nSPS) is 11.9. The largest absolute Gasteiger partial charge is 0.495 e. The number of nitrogens with one attached hydrogen (secondary N) is 2. The molecule has 0 aliphatic rings. The van der Waals surface area contributed by atoms with Gasteiger partial charge in [0.05, 0.1) is 69.3 Å². The molecule has 22 heteroatoms. The van der Waals surface area contributed by atoms with E-state index in [2.05, 4.69) is 30.7 Å². The molecule has 9 rings (SSSR count). The van der Waals surface area contributed by atoms with Gasteiger partial charge in [-0.2, -0.15) is 9.49 Å². The van der Waals surface area contributed by atoms with Gasteiger partial charge in [0.1, 0.15) is 44.1 Å². The Bertz CT molecular complexity index is 3790. The topological polar surface area (TPSA) is 236 Å². The standard InChI is InChI=1S/C20H23N3O4S.C18H21FN4O3S.C14H10ClN3O/c1-13-8-6-7-9-14(13)22-19(24)15-11-21-18-10-16(27-5)17(12-23(15)18)28(25,26)20(2,3)4;1-5-26-13-8-17-21-9-12(11-6-15(19)22-16(20)7-11)23(17)10-14(13)27(24,25)18(2,3)4;15-11-5-1-2-6-12(11)17-14(19)10-9-16-18-8-4-3-7-13(10)18/h6-12H,1-5H3,(H,22,24);6-10H,5H2,1-4H3,(H2,20,22);1-9H,(H,17,19). The zero-order valence-electron chi connectivity index (χ0n) is 41.9. The maximum atomic E-state index is 13.7. The Hall–Kier alpha value is -7.88. The van der Waals surface area contributed by atoms with Crippen LogP contribution in [0.2, 0.25) is 5.02 Å². The number of sulfone groups is 2. The van der Waals surface area contributed by atoms with Crippen LogP contribution in [0.25, 0.3) is 28.1 Å². The number of ether oxygens (including phenoxy) is 2. The fourth-order valence-corrected chi connectivity index (χ4v) is 10.1. The highest BCUT2D eigenvalue weighted by molar-refractivity contribution is 7.93. The number of para-hydroxylation sites is 2. The van der Waals surface area contributed by atoms with E-state index in [0.717, 1.165) is 11.1 Å². The van der Waals surface area contributed by atoms with E-state index in [1.165, 1.54) is 54.5 Å².